The zero-order chi connectivity index (χ0) is 55.2. The molecule has 3 heterocycles. The van der Waals surface area contributed by atoms with Crippen LogP contribution in [-0.4, -0.2) is 13.5 Å². The van der Waals surface area contributed by atoms with Crippen LogP contribution >= 0.6 is 0 Å². The molecule has 13 rings (SSSR count). The Morgan fingerprint density at radius 2 is 0.875 bits per heavy atom. The van der Waals surface area contributed by atoms with E-state index in [1.165, 1.54) is 44.3 Å². The van der Waals surface area contributed by atoms with Gasteiger partial charge in [0.2, 0.25) is 6.79 Å². The third-order valence-electron chi connectivity index (χ3n) is 16.5. The first-order valence-corrected chi connectivity index (χ1v) is 28.3. The molecule has 80 heavy (non-hydrogen) atoms. The second-order valence-electron chi connectivity index (χ2n) is 25.1. The molecule has 394 valence electrons. The van der Waals surface area contributed by atoms with Gasteiger partial charge in [0.15, 0.2) is 11.5 Å². The summed E-state index contributed by atoms with van der Waals surface area (Å²) in [6.07, 6.45) is 0. The Balaban J connectivity index is 1.12. The highest BCUT2D eigenvalue weighted by Crippen LogP contribution is 2.51. The van der Waals surface area contributed by atoms with Gasteiger partial charge >= 0.3 is 0 Å². The maximum absolute atomic E-state index is 6.33. The van der Waals surface area contributed by atoms with Gasteiger partial charge in [-0.05, 0) is 175 Å². The van der Waals surface area contributed by atoms with Crippen LogP contribution in [0.4, 0.5) is 51.2 Å². The number of hydrogen-bond acceptors (Lipinski definition) is 5. The molecular weight excluding hydrogens is 974 g/mol. The maximum Gasteiger partial charge on any atom is 0.252 e. The van der Waals surface area contributed by atoms with Crippen molar-refractivity contribution in [2.24, 2.45) is 0 Å². The summed E-state index contributed by atoms with van der Waals surface area (Å²) in [5.74, 6) is 1.52. The van der Waals surface area contributed by atoms with Crippen LogP contribution in [-0.2, 0) is 16.2 Å². The number of hydrogen-bond donors (Lipinski definition) is 0. The molecule has 0 spiro atoms. The van der Waals surface area contributed by atoms with Gasteiger partial charge in [-0.1, -0.05) is 190 Å². The minimum atomic E-state index is -0.171. The normalized spacial score (nSPS) is 13.4. The number of fused-ring (bicyclic) bond motifs is 5. The number of ether oxygens (including phenoxy) is 2. The molecule has 0 N–H and O–H groups in total. The molecule has 0 aromatic heterocycles. The standard InChI is InChI=1S/C74H68BN3O2/c1-48-38-67-71-68(39-48)78(64-37-34-56(74(8,9)10)43-61(64)51-20-14-11-15-21-51)66-46-70-69(79-47-80-70)45-63(66)75(71)62-36-35-59(76(57-22-16-12-17-23-57)58-24-18-13-19-25-58)44-65(62)77(67)60-41-52(49-26-30-54(31-27-49)72(2,3)4)40-53(42-60)50-28-32-55(33-29-50)73(5,6)7/h11-46H,47H2,1-10H3. The Labute approximate surface area is 473 Å². The van der Waals surface area contributed by atoms with Gasteiger partial charge in [0.05, 0.1) is 5.69 Å². The summed E-state index contributed by atoms with van der Waals surface area (Å²) in [6.45, 7) is 22.9. The zero-order valence-electron chi connectivity index (χ0n) is 47.7. The lowest BCUT2D eigenvalue weighted by molar-refractivity contribution is 0.174. The first-order chi connectivity index (χ1) is 38.5. The number of para-hydroxylation sites is 2. The van der Waals surface area contributed by atoms with Gasteiger partial charge in [-0.3, -0.25) is 0 Å². The summed E-state index contributed by atoms with van der Waals surface area (Å²) in [7, 11) is 0. The van der Waals surface area contributed by atoms with Crippen molar-refractivity contribution < 1.29 is 9.47 Å². The lowest BCUT2D eigenvalue weighted by Crippen LogP contribution is -2.61. The Bertz CT molecular complexity index is 3870. The van der Waals surface area contributed by atoms with Crippen molar-refractivity contribution in [2.75, 3.05) is 21.5 Å². The molecule has 5 nitrogen and oxygen atoms in total. The third-order valence-corrected chi connectivity index (χ3v) is 16.5. The molecule has 10 aromatic rings. The topological polar surface area (TPSA) is 28.2 Å². The van der Waals surface area contributed by atoms with Crippen LogP contribution in [0.3, 0.4) is 0 Å². The van der Waals surface area contributed by atoms with Gasteiger partial charge in [0, 0.05) is 57.1 Å². The van der Waals surface area contributed by atoms with E-state index in [-0.39, 0.29) is 29.8 Å². The number of rotatable bonds is 8. The zero-order valence-corrected chi connectivity index (χ0v) is 47.7. The van der Waals surface area contributed by atoms with Crippen molar-refractivity contribution in [3.63, 3.8) is 0 Å². The molecule has 0 amide bonds. The Morgan fingerprint density at radius 1 is 0.375 bits per heavy atom. The van der Waals surface area contributed by atoms with Crippen molar-refractivity contribution in [3.05, 3.63) is 241 Å². The maximum atomic E-state index is 6.33. The van der Waals surface area contributed by atoms with Crippen LogP contribution < -0.4 is 40.6 Å². The second-order valence-corrected chi connectivity index (χ2v) is 25.1. The fraction of sp³-hybridized carbons (Fsp3) is 0.189. The van der Waals surface area contributed by atoms with Crippen molar-refractivity contribution >= 4 is 74.3 Å². The molecule has 10 aromatic carbocycles. The summed E-state index contributed by atoms with van der Waals surface area (Å²) < 4.78 is 12.6. The monoisotopic (exact) mass is 1040 g/mol. The van der Waals surface area contributed by atoms with E-state index < -0.39 is 0 Å². The smallest absolute Gasteiger partial charge is 0.252 e. The first kappa shape index (κ1) is 50.7. The van der Waals surface area contributed by atoms with Gasteiger partial charge < -0.3 is 24.2 Å². The predicted octanol–water partition coefficient (Wildman–Crippen LogP) is 18.2. The van der Waals surface area contributed by atoms with Gasteiger partial charge in [-0.15, -0.1) is 0 Å². The van der Waals surface area contributed by atoms with Crippen molar-refractivity contribution in [1.82, 2.24) is 0 Å². The van der Waals surface area contributed by atoms with Crippen LogP contribution in [0, 0.1) is 6.92 Å². The minimum absolute atomic E-state index is 0.0198. The second kappa shape index (κ2) is 19.3. The number of anilines is 9. The van der Waals surface area contributed by atoms with Gasteiger partial charge in [0.1, 0.15) is 0 Å². The van der Waals surface area contributed by atoms with E-state index in [2.05, 4.69) is 302 Å². The van der Waals surface area contributed by atoms with E-state index in [0.29, 0.717) is 0 Å². The highest BCUT2D eigenvalue weighted by molar-refractivity contribution is 7.00. The molecule has 0 saturated carbocycles. The molecule has 0 unspecified atom stereocenters. The fourth-order valence-corrected chi connectivity index (χ4v) is 12.2. The SMILES string of the molecule is Cc1cc2c3c(c1)N(c1ccc(C(C)(C)C)cc1-c1ccccc1)c1cc4c(cc1B3c1ccc(N(c3ccccc3)c3ccccc3)cc1N2c1cc(-c2ccc(C(C)(C)C)cc2)cc(-c2ccc(C(C)(C)C)cc2)c1)OCO4. The summed E-state index contributed by atoms with van der Waals surface area (Å²) in [6, 6.07) is 81.6. The highest BCUT2D eigenvalue weighted by Gasteiger charge is 2.45. The number of benzene rings is 10. The van der Waals surface area contributed by atoms with Crippen LogP contribution in [0.2, 0.25) is 0 Å². The molecule has 0 aliphatic carbocycles. The molecule has 0 atom stereocenters. The van der Waals surface area contributed by atoms with Crippen LogP contribution in [0.25, 0.3) is 33.4 Å². The molecule has 0 radical (unpaired) electrons. The molecule has 3 aliphatic heterocycles. The average molecular weight is 1040 g/mol. The lowest BCUT2D eigenvalue weighted by atomic mass is 9.33. The van der Waals surface area contributed by atoms with E-state index in [1.807, 2.05) is 0 Å². The Kier molecular flexibility index (Phi) is 12.2. The minimum Gasteiger partial charge on any atom is -0.454 e. The quantitative estimate of drug-likeness (QED) is 0.141. The Morgan fingerprint density at radius 3 is 1.43 bits per heavy atom. The van der Waals surface area contributed by atoms with E-state index in [1.54, 1.807) is 0 Å². The molecular formula is C74H68BN3O2. The lowest BCUT2D eigenvalue weighted by Gasteiger charge is -2.45. The molecule has 0 fully saturated rings. The van der Waals surface area contributed by atoms with Crippen LogP contribution in [0.5, 0.6) is 11.5 Å². The van der Waals surface area contributed by atoms with Crippen LogP contribution in [0.15, 0.2) is 218 Å². The van der Waals surface area contributed by atoms with Crippen molar-refractivity contribution in [1.29, 1.82) is 0 Å². The van der Waals surface area contributed by atoms with Gasteiger partial charge in [0.25, 0.3) is 6.71 Å². The van der Waals surface area contributed by atoms with E-state index in [0.717, 1.165) is 90.4 Å². The van der Waals surface area contributed by atoms with E-state index in [4.69, 9.17) is 9.47 Å². The van der Waals surface area contributed by atoms with Crippen LogP contribution in [0.1, 0.15) is 84.6 Å². The number of nitrogens with zero attached hydrogens (tertiary/aromatic N) is 3. The van der Waals surface area contributed by atoms with E-state index >= 15 is 0 Å². The molecule has 3 aliphatic rings. The molecule has 0 saturated heterocycles. The first-order valence-electron chi connectivity index (χ1n) is 28.3. The van der Waals surface area contributed by atoms with Gasteiger partial charge in [-0.2, -0.15) is 0 Å². The Hall–Kier alpha value is -8.74. The summed E-state index contributed by atoms with van der Waals surface area (Å²) in [5, 5.41) is 0. The number of aryl methyl sites for hydroxylation is 1. The highest BCUT2D eigenvalue weighted by atomic mass is 16.7. The summed E-state index contributed by atoms with van der Waals surface area (Å²) >= 11 is 0. The summed E-state index contributed by atoms with van der Waals surface area (Å²) in [5.41, 5.74) is 25.5. The molecule has 6 heteroatoms. The predicted molar refractivity (Wildman–Crippen MR) is 338 cm³/mol. The fourth-order valence-electron chi connectivity index (χ4n) is 12.2. The molecule has 0 bridgehead atoms. The van der Waals surface area contributed by atoms with Crippen molar-refractivity contribution in [2.45, 2.75) is 85.5 Å². The summed E-state index contributed by atoms with van der Waals surface area (Å²) in [4.78, 5) is 7.48. The third kappa shape index (κ3) is 9.01. The van der Waals surface area contributed by atoms with Crippen molar-refractivity contribution in [3.8, 4) is 44.9 Å². The van der Waals surface area contributed by atoms with Gasteiger partial charge in [-0.25, -0.2) is 0 Å². The largest absolute Gasteiger partial charge is 0.454 e. The van der Waals surface area contributed by atoms with E-state index in [9.17, 15) is 0 Å². The average Bonchev–Trinajstić information content (AvgIpc) is 4.04.